The molecule has 8 rings (SSSR count). The van der Waals surface area contributed by atoms with E-state index in [1.54, 1.807) is 41.4 Å². The van der Waals surface area contributed by atoms with Crippen LogP contribution in [0, 0.1) is 11.6 Å². The number of anilines is 2. The number of pyridine rings is 1. The average molecular weight is 687 g/mol. The standard InChI is InChI=1S/C35H33F3N8O2S/c1-44-14-4-6-22(44)18-48-35-42-29-25(10-9-23(28(29)38)24-11-12-26(36)31-30(24)41-34(39)49-31)32(43-35)45-16-20-7-8-21(17-45)46(20)33(47)27(37)15-19-5-2-3-13-40-19/h2-3,5,9-13,15,20-22H,4,6-8,14,16-18H2,1H3,(H2,39,41)/b27-15-/t20?,21?,22-/m0/s1. The molecule has 2 aromatic carbocycles. The fourth-order valence-electron chi connectivity index (χ4n) is 7.39. The molecule has 0 radical (unpaired) electrons. The number of nitrogens with zero attached hydrogens (tertiary/aromatic N) is 7. The third-order valence-electron chi connectivity index (χ3n) is 9.83. The topological polar surface area (TPSA) is 114 Å². The fourth-order valence-corrected chi connectivity index (χ4v) is 8.16. The number of benzene rings is 2. The molecule has 3 aliphatic rings. The second-order valence-electron chi connectivity index (χ2n) is 12.8. The highest BCUT2D eigenvalue weighted by atomic mass is 32.1. The number of nitrogen functional groups attached to an aromatic ring is 1. The molecular formula is C35H33F3N8O2S. The number of carbonyl (C=O) groups excluding carboxylic acids is 1. The normalized spacial score (nSPS) is 21.3. The van der Waals surface area contributed by atoms with E-state index in [1.807, 2.05) is 11.9 Å². The number of ether oxygens (including phenoxy) is 1. The van der Waals surface area contributed by atoms with Crippen LogP contribution in [0.3, 0.4) is 0 Å². The molecule has 0 saturated carbocycles. The Balaban J connectivity index is 1.16. The molecule has 3 aromatic heterocycles. The molecule has 0 spiro atoms. The fraction of sp³-hybridized carbons (Fsp3) is 0.343. The summed E-state index contributed by atoms with van der Waals surface area (Å²) in [6.45, 7) is 2.05. The number of hydrogen-bond donors (Lipinski definition) is 1. The number of likely N-dealkylation sites (tertiary alicyclic amines) is 1. The lowest BCUT2D eigenvalue weighted by atomic mass is 10.0. The highest BCUT2D eigenvalue weighted by Crippen LogP contribution is 2.41. The van der Waals surface area contributed by atoms with E-state index in [9.17, 15) is 9.18 Å². The van der Waals surface area contributed by atoms with Crippen molar-refractivity contribution in [2.24, 2.45) is 0 Å². The maximum absolute atomic E-state index is 16.7. The molecule has 2 unspecified atom stereocenters. The van der Waals surface area contributed by atoms with Crippen molar-refractivity contribution < 1.29 is 22.7 Å². The maximum atomic E-state index is 16.7. The summed E-state index contributed by atoms with van der Waals surface area (Å²) in [5.41, 5.74) is 7.19. The summed E-state index contributed by atoms with van der Waals surface area (Å²) in [5, 5.41) is 0.641. The Bertz CT molecular complexity index is 2100. The van der Waals surface area contributed by atoms with Gasteiger partial charge < -0.3 is 25.2 Å². The minimum absolute atomic E-state index is 0.0381. The second kappa shape index (κ2) is 12.6. The van der Waals surface area contributed by atoms with Crippen molar-refractivity contribution in [3.63, 3.8) is 0 Å². The molecule has 3 saturated heterocycles. The molecule has 2 bridgehead atoms. The van der Waals surface area contributed by atoms with Crippen LogP contribution in [-0.4, -0.2) is 87.1 Å². The number of piperazine rings is 1. The van der Waals surface area contributed by atoms with Gasteiger partial charge in [0.1, 0.15) is 23.8 Å². The van der Waals surface area contributed by atoms with Crippen molar-refractivity contribution in [3.05, 3.63) is 71.8 Å². The van der Waals surface area contributed by atoms with E-state index in [2.05, 4.69) is 19.9 Å². The molecule has 252 valence electrons. The summed E-state index contributed by atoms with van der Waals surface area (Å²) in [4.78, 5) is 37.0. The summed E-state index contributed by atoms with van der Waals surface area (Å²) >= 11 is 1.00. The Kier molecular flexibility index (Phi) is 8.07. The predicted octanol–water partition coefficient (Wildman–Crippen LogP) is 5.83. The number of hydrogen-bond acceptors (Lipinski definition) is 10. The van der Waals surface area contributed by atoms with E-state index in [1.165, 1.54) is 12.1 Å². The molecule has 3 atom stereocenters. The smallest absolute Gasteiger partial charge is 0.319 e. The van der Waals surface area contributed by atoms with E-state index >= 15 is 8.78 Å². The largest absolute Gasteiger partial charge is 0.462 e. The summed E-state index contributed by atoms with van der Waals surface area (Å²) in [5.74, 6) is -2.16. The van der Waals surface area contributed by atoms with E-state index in [0.29, 0.717) is 55.0 Å². The van der Waals surface area contributed by atoms with Gasteiger partial charge >= 0.3 is 6.01 Å². The van der Waals surface area contributed by atoms with Gasteiger partial charge in [-0.1, -0.05) is 23.5 Å². The first-order chi connectivity index (χ1) is 23.7. The van der Waals surface area contributed by atoms with Crippen molar-refractivity contribution in [2.45, 2.75) is 43.8 Å². The summed E-state index contributed by atoms with van der Waals surface area (Å²) in [6, 6.07) is 10.9. The number of halogens is 3. The molecule has 5 aromatic rings. The van der Waals surface area contributed by atoms with E-state index < -0.39 is 23.4 Å². The third-order valence-corrected chi connectivity index (χ3v) is 10.7. The van der Waals surface area contributed by atoms with Crippen LogP contribution in [-0.2, 0) is 4.79 Å². The van der Waals surface area contributed by atoms with Gasteiger partial charge in [-0.2, -0.15) is 9.97 Å². The van der Waals surface area contributed by atoms with Crippen LogP contribution in [0.1, 0.15) is 31.4 Å². The third kappa shape index (κ3) is 5.72. The Morgan fingerprint density at radius 3 is 2.55 bits per heavy atom. The van der Waals surface area contributed by atoms with Crippen LogP contribution in [0.15, 0.2) is 54.5 Å². The molecule has 6 heterocycles. The first kappa shape index (κ1) is 31.4. The molecule has 3 aliphatic heterocycles. The lowest BCUT2D eigenvalue weighted by Gasteiger charge is -2.41. The van der Waals surface area contributed by atoms with Gasteiger partial charge in [0.05, 0.1) is 28.0 Å². The van der Waals surface area contributed by atoms with E-state index in [0.717, 1.165) is 36.8 Å². The minimum Gasteiger partial charge on any atom is -0.462 e. The monoisotopic (exact) mass is 686 g/mol. The molecular weight excluding hydrogens is 654 g/mol. The zero-order valence-electron chi connectivity index (χ0n) is 26.7. The van der Waals surface area contributed by atoms with Crippen molar-refractivity contribution >= 4 is 55.4 Å². The van der Waals surface area contributed by atoms with Crippen LogP contribution in [0.5, 0.6) is 6.01 Å². The zero-order chi connectivity index (χ0) is 33.8. The molecule has 2 N–H and O–H groups in total. The van der Waals surface area contributed by atoms with Crippen molar-refractivity contribution in [2.75, 3.05) is 43.9 Å². The molecule has 49 heavy (non-hydrogen) atoms. The second-order valence-corrected chi connectivity index (χ2v) is 13.8. The van der Waals surface area contributed by atoms with Crippen LogP contribution < -0.4 is 15.4 Å². The van der Waals surface area contributed by atoms with Gasteiger partial charge in [-0.3, -0.25) is 9.78 Å². The van der Waals surface area contributed by atoms with Crippen molar-refractivity contribution in [1.82, 2.24) is 29.7 Å². The van der Waals surface area contributed by atoms with Gasteiger partial charge in [-0.15, -0.1) is 0 Å². The van der Waals surface area contributed by atoms with Gasteiger partial charge in [0.15, 0.2) is 16.8 Å². The Morgan fingerprint density at radius 2 is 1.82 bits per heavy atom. The average Bonchev–Trinajstić information content (AvgIpc) is 3.78. The van der Waals surface area contributed by atoms with Crippen molar-refractivity contribution in [1.29, 1.82) is 0 Å². The zero-order valence-corrected chi connectivity index (χ0v) is 27.5. The molecule has 3 fully saturated rings. The van der Waals surface area contributed by atoms with Gasteiger partial charge in [-0.25, -0.2) is 18.2 Å². The quantitative estimate of drug-likeness (QED) is 0.212. The number of nitrogens with two attached hydrogens (primary N) is 1. The number of amides is 1. The number of thiazole rings is 1. The maximum Gasteiger partial charge on any atom is 0.319 e. The minimum atomic E-state index is -0.865. The van der Waals surface area contributed by atoms with E-state index in [4.69, 9.17) is 15.5 Å². The van der Waals surface area contributed by atoms with Crippen LogP contribution in [0.4, 0.5) is 24.1 Å². The number of likely N-dealkylation sites (N-methyl/N-ethyl adjacent to an activating group) is 1. The highest BCUT2D eigenvalue weighted by Gasteiger charge is 2.44. The number of fused-ring (bicyclic) bond motifs is 4. The van der Waals surface area contributed by atoms with Gasteiger partial charge in [0, 0.05) is 47.9 Å². The summed E-state index contributed by atoms with van der Waals surface area (Å²) in [7, 11) is 2.04. The van der Waals surface area contributed by atoms with Crippen molar-refractivity contribution in [3.8, 4) is 17.1 Å². The van der Waals surface area contributed by atoms with Gasteiger partial charge in [-0.05, 0) is 69.6 Å². The van der Waals surface area contributed by atoms with Crippen LogP contribution in [0.25, 0.3) is 38.3 Å². The SMILES string of the molecule is CN1CCC[C@H]1COc1nc(N2CC3CCC(C2)N3C(=O)/C(F)=C/c2ccccn2)c2ccc(-c3ccc(F)c4sc(N)nc34)c(F)c2n1. The first-order valence-corrected chi connectivity index (χ1v) is 17.1. The summed E-state index contributed by atoms with van der Waals surface area (Å²) in [6.07, 6.45) is 6.12. The Labute approximate surface area is 284 Å². The molecule has 0 aliphatic carbocycles. The lowest BCUT2D eigenvalue weighted by Crippen LogP contribution is -2.56. The summed E-state index contributed by atoms with van der Waals surface area (Å²) < 4.78 is 52.9. The first-order valence-electron chi connectivity index (χ1n) is 16.3. The van der Waals surface area contributed by atoms with Crippen LogP contribution >= 0.6 is 11.3 Å². The van der Waals surface area contributed by atoms with Gasteiger partial charge in [0.25, 0.3) is 5.91 Å². The van der Waals surface area contributed by atoms with Crippen LogP contribution in [0.2, 0.25) is 0 Å². The number of rotatable bonds is 7. The van der Waals surface area contributed by atoms with E-state index in [-0.39, 0.29) is 50.6 Å². The highest BCUT2D eigenvalue weighted by molar-refractivity contribution is 7.22. The Morgan fingerprint density at radius 1 is 1.02 bits per heavy atom. The molecule has 1 amide bonds. The lowest BCUT2D eigenvalue weighted by molar-refractivity contribution is -0.131. The molecule has 10 nitrogen and oxygen atoms in total. The predicted molar refractivity (Wildman–Crippen MR) is 183 cm³/mol. The van der Waals surface area contributed by atoms with Gasteiger partial charge in [0.2, 0.25) is 0 Å². The number of carbonyl (C=O) groups is 1. The Hall–Kier alpha value is -4.82. The number of aromatic nitrogens is 4. The molecule has 14 heteroatoms.